The third kappa shape index (κ3) is 9.43. The van der Waals surface area contributed by atoms with E-state index in [0.717, 1.165) is 22.3 Å². The van der Waals surface area contributed by atoms with Crippen molar-refractivity contribution < 1.29 is 28.4 Å². The first-order valence-electron chi connectivity index (χ1n) is 14.8. The Bertz CT molecular complexity index is 1320. The van der Waals surface area contributed by atoms with Crippen molar-refractivity contribution in [2.75, 3.05) is 13.2 Å². The molecule has 0 N–H and O–H groups in total. The maximum Gasteiger partial charge on any atom is 0.187 e. The second-order valence-electron chi connectivity index (χ2n) is 10.4. The van der Waals surface area contributed by atoms with Crippen LogP contribution in [0.5, 0.6) is 0 Å². The van der Waals surface area contributed by atoms with Gasteiger partial charge in [-0.05, 0) is 22.3 Å². The maximum absolute atomic E-state index is 6.68. The van der Waals surface area contributed by atoms with Crippen molar-refractivity contribution in [3.63, 3.8) is 0 Å². The summed E-state index contributed by atoms with van der Waals surface area (Å²) in [5.41, 5.74) is 4.24. The molecule has 0 amide bonds. The van der Waals surface area contributed by atoms with Crippen LogP contribution in [0.3, 0.4) is 0 Å². The van der Waals surface area contributed by atoms with Crippen LogP contribution in [-0.2, 0) is 54.8 Å². The fourth-order valence-electron chi connectivity index (χ4n) is 5.04. The van der Waals surface area contributed by atoms with E-state index >= 15 is 0 Å². The number of rotatable bonds is 16. The molecule has 0 spiro atoms. The molecule has 1 saturated heterocycles. The molecule has 6 heteroatoms. The van der Waals surface area contributed by atoms with Gasteiger partial charge in [0.05, 0.1) is 39.6 Å². The normalized spacial score (nSPS) is 21.8. The van der Waals surface area contributed by atoms with E-state index in [1.54, 1.807) is 6.08 Å². The predicted octanol–water partition coefficient (Wildman–Crippen LogP) is 6.89. The Kier molecular flexibility index (Phi) is 12.1. The minimum absolute atomic E-state index is 0.291. The van der Waals surface area contributed by atoms with Crippen molar-refractivity contribution in [1.82, 2.24) is 0 Å². The van der Waals surface area contributed by atoms with E-state index in [-0.39, 0.29) is 0 Å². The number of hydrogen-bond acceptors (Lipinski definition) is 6. The molecule has 1 aliphatic rings. The molecule has 4 aromatic rings. The van der Waals surface area contributed by atoms with Gasteiger partial charge in [0, 0.05) is 0 Å². The number of hydrogen-bond donors (Lipinski definition) is 0. The first-order chi connectivity index (χ1) is 21.3. The van der Waals surface area contributed by atoms with E-state index in [4.69, 9.17) is 28.4 Å². The van der Waals surface area contributed by atoms with Crippen LogP contribution >= 0.6 is 0 Å². The van der Waals surface area contributed by atoms with Gasteiger partial charge in [0.25, 0.3) is 0 Å². The molecule has 0 unspecified atom stereocenters. The fourth-order valence-corrected chi connectivity index (χ4v) is 5.04. The minimum Gasteiger partial charge on any atom is -0.374 e. The summed E-state index contributed by atoms with van der Waals surface area (Å²) >= 11 is 0. The average Bonchev–Trinajstić information content (AvgIpc) is 3.07. The van der Waals surface area contributed by atoms with Crippen molar-refractivity contribution >= 4 is 0 Å². The van der Waals surface area contributed by atoms with E-state index in [1.165, 1.54) is 0 Å². The van der Waals surface area contributed by atoms with Gasteiger partial charge >= 0.3 is 0 Å². The average molecular weight is 581 g/mol. The molecule has 0 radical (unpaired) electrons. The topological polar surface area (TPSA) is 55.4 Å². The van der Waals surface area contributed by atoms with Crippen molar-refractivity contribution in [2.45, 2.75) is 57.1 Å². The highest BCUT2D eigenvalue weighted by Gasteiger charge is 2.49. The van der Waals surface area contributed by atoms with E-state index in [0.29, 0.717) is 39.6 Å². The Morgan fingerprint density at radius 2 is 0.930 bits per heavy atom. The molecule has 0 aromatic heterocycles. The molecule has 224 valence electrons. The van der Waals surface area contributed by atoms with Crippen molar-refractivity contribution in [2.24, 2.45) is 0 Å². The highest BCUT2D eigenvalue weighted by Crippen LogP contribution is 2.31. The van der Waals surface area contributed by atoms with Crippen LogP contribution in [-0.4, -0.2) is 43.9 Å². The van der Waals surface area contributed by atoms with Gasteiger partial charge in [-0.1, -0.05) is 127 Å². The van der Waals surface area contributed by atoms with Crippen LogP contribution in [0.15, 0.2) is 134 Å². The molecule has 5 rings (SSSR count). The Labute approximate surface area is 254 Å². The van der Waals surface area contributed by atoms with E-state index in [1.807, 2.05) is 121 Å². The summed E-state index contributed by atoms with van der Waals surface area (Å²) in [5, 5.41) is 0. The first kappa shape index (κ1) is 30.8. The molecule has 0 aliphatic carbocycles. The van der Waals surface area contributed by atoms with Crippen LogP contribution < -0.4 is 0 Å². The van der Waals surface area contributed by atoms with E-state index in [9.17, 15) is 0 Å². The maximum atomic E-state index is 6.68. The second-order valence-corrected chi connectivity index (χ2v) is 10.4. The summed E-state index contributed by atoms with van der Waals surface area (Å²) in [6.07, 6.45) is -1.07. The van der Waals surface area contributed by atoms with Crippen LogP contribution in [0.1, 0.15) is 22.3 Å². The summed E-state index contributed by atoms with van der Waals surface area (Å²) in [6.45, 7) is 6.02. The quantitative estimate of drug-likeness (QED) is 0.135. The first-order valence-corrected chi connectivity index (χ1v) is 14.8. The molecular formula is C37H40O6. The van der Waals surface area contributed by atoms with Gasteiger partial charge < -0.3 is 28.4 Å². The third-order valence-corrected chi connectivity index (χ3v) is 7.22. The Morgan fingerprint density at radius 3 is 1.40 bits per heavy atom. The molecule has 0 bridgehead atoms. The van der Waals surface area contributed by atoms with E-state index < -0.39 is 30.7 Å². The lowest BCUT2D eigenvalue weighted by Crippen LogP contribution is -2.61. The van der Waals surface area contributed by atoms with Crippen molar-refractivity contribution in [1.29, 1.82) is 0 Å². The molecule has 1 fully saturated rings. The molecule has 43 heavy (non-hydrogen) atoms. The van der Waals surface area contributed by atoms with Crippen molar-refractivity contribution in [3.8, 4) is 0 Å². The molecule has 4 aromatic carbocycles. The zero-order chi connectivity index (χ0) is 29.5. The minimum atomic E-state index is -0.718. The second kappa shape index (κ2) is 16.9. The van der Waals surface area contributed by atoms with Crippen LogP contribution in [0.25, 0.3) is 0 Å². The molecule has 0 saturated carbocycles. The largest absolute Gasteiger partial charge is 0.374 e. The van der Waals surface area contributed by atoms with Gasteiger partial charge in [-0.25, -0.2) is 0 Å². The summed E-state index contributed by atoms with van der Waals surface area (Å²) in [4.78, 5) is 0. The van der Waals surface area contributed by atoms with Gasteiger partial charge in [-0.2, -0.15) is 0 Å². The SMILES string of the molecule is C=CCO[C@@H]1O[C@@H](COCc2ccccc2)[C@H](OCc2ccccc2)[C@@H](OCc2ccccc2)[C@@H]1OCc1ccccc1. The summed E-state index contributed by atoms with van der Waals surface area (Å²) in [6, 6.07) is 40.3. The summed E-state index contributed by atoms with van der Waals surface area (Å²) < 4.78 is 38.8. The van der Waals surface area contributed by atoms with Crippen molar-refractivity contribution in [3.05, 3.63) is 156 Å². The zero-order valence-corrected chi connectivity index (χ0v) is 24.4. The van der Waals surface area contributed by atoms with Gasteiger partial charge in [0.15, 0.2) is 6.29 Å². The van der Waals surface area contributed by atoms with Crippen LogP contribution in [0.2, 0.25) is 0 Å². The summed E-state index contributed by atoms with van der Waals surface area (Å²) in [5.74, 6) is 0. The molecule has 1 aliphatic heterocycles. The molecular weight excluding hydrogens is 540 g/mol. The highest BCUT2D eigenvalue weighted by atomic mass is 16.7. The van der Waals surface area contributed by atoms with Crippen LogP contribution in [0.4, 0.5) is 0 Å². The van der Waals surface area contributed by atoms with Crippen LogP contribution in [0, 0.1) is 0 Å². The third-order valence-electron chi connectivity index (χ3n) is 7.22. The Morgan fingerprint density at radius 1 is 0.512 bits per heavy atom. The lowest BCUT2D eigenvalue weighted by atomic mass is 9.97. The van der Waals surface area contributed by atoms with Gasteiger partial charge in [0.2, 0.25) is 0 Å². The Balaban J connectivity index is 1.41. The summed E-state index contributed by atoms with van der Waals surface area (Å²) in [7, 11) is 0. The monoisotopic (exact) mass is 580 g/mol. The predicted molar refractivity (Wildman–Crippen MR) is 166 cm³/mol. The molecule has 6 nitrogen and oxygen atoms in total. The molecule has 5 atom stereocenters. The standard InChI is InChI=1S/C37H40O6/c1-2-23-39-37-36(42-27-32-21-13-6-14-22-32)35(41-26-31-19-11-5-12-20-31)34(40-25-30-17-9-4-10-18-30)33(43-37)28-38-24-29-15-7-3-8-16-29/h2-22,33-37H,1,23-28H2/t33-,34-,35+,36-,37+/m0/s1. The fraction of sp³-hybridized carbons (Fsp3) is 0.297. The smallest absolute Gasteiger partial charge is 0.187 e. The van der Waals surface area contributed by atoms with Gasteiger partial charge in [-0.3, -0.25) is 0 Å². The number of benzene rings is 4. The lowest BCUT2D eigenvalue weighted by Gasteiger charge is -2.45. The van der Waals surface area contributed by atoms with Gasteiger partial charge in [-0.15, -0.1) is 6.58 Å². The lowest BCUT2D eigenvalue weighted by molar-refractivity contribution is -0.326. The number of ether oxygens (including phenoxy) is 6. The highest BCUT2D eigenvalue weighted by molar-refractivity contribution is 5.16. The van der Waals surface area contributed by atoms with Gasteiger partial charge in [0.1, 0.15) is 24.4 Å². The molecule has 1 heterocycles. The van der Waals surface area contributed by atoms with E-state index in [2.05, 4.69) is 6.58 Å². The Hall–Kier alpha value is -3.62. The zero-order valence-electron chi connectivity index (χ0n) is 24.4.